The Morgan fingerprint density at radius 3 is 2.68 bits per heavy atom. The number of rotatable bonds is 4. The van der Waals surface area contributed by atoms with Crippen LogP contribution in [0.1, 0.15) is 59.8 Å². The number of aliphatic hydroxyl groups excluding tert-OH is 1. The van der Waals surface area contributed by atoms with Gasteiger partial charge in [-0.3, -0.25) is 4.79 Å². The summed E-state index contributed by atoms with van der Waals surface area (Å²) in [5.74, 6) is 0.908. The minimum Gasteiger partial charge on any atom is -0.429 e. The zero-order valence-electron chi connectivity index (χ0n) is 15.7. The van der Waals surface area contributed by atoms with E-state index >= 15 is 0 Å². The third-order valence-electron chi connectivity index (χ3n) is 7.73. The molecule has 4 nitrogen and oxygen atoms in total. The maximum absolute atomic E-state index is 11.5. The molecule has 3 rings (SSSR count). The van der Waals surface area contributed by atoms with Gasteiger partial charge in [-0.2, -0.15) is 0 Å². The van der Waals surface area contributed by atoms with E-state index in [9.17, 15) is 14.7 Å². The van der Waals surface area contributed by atoms with Crippen molar-refractivity contribution in [1.29, 1.82) is 0 Å². The number of aliphatic hydroxyl groups is 1. The predicted molar refractivity (Wildman–Crippen MR) is 95.4 cm³/mol. The second kappa shape index (κ2) is 6.39. The largest absolute Gasteiger partial charge is 0.429 e. The Morgan fingerprint density at radius 1 is 1.36 bits per heavy atom. The van der Waals surface area contributed by atoms with Crippen LogP contribution < -0.4 is 0 Å². The number of cyclic esters (lactones) is 1. The molecule has 0 bridgehead atoms. The Morgan fingerprint density at radius 2 is 2.08 bits per heavy atom. The first kappa shape index (κ1) is 18.4. The van der Waals surface area contributed by atoms with E-state index in [1.54, 1.807) is 0 Å². The number of allylic oxidation sites excluding steroid dienone is 2. The van der Waals surface area contributed by atoms with Crippen molar-refractivity contribution in [2.45, 2.75) is 66.1 Å². The maximum atomic E-state index is 11.5. The van der Waals surface area contributed by atoms with E-state index in [0.717, 1.165) is 24.7 Å². The fourth-order valence-electron chi connectivity index (χ4n) is 5.51. The van der Waals surface area contributed by atoms with Crippen molar-refractivity contribution in [3.8, 4) is 0 Å². The van der Waals surface area contributed by atoms with Crippen molar-refractivity contribution in [2.75, 3.05) is 0 Å². The highest BCUT2D eigenvalue weighted by atomic mass is 16.6. The molecule has 3 aliphatic rings. The first-order chi connectivity index (χ1) is 11.7. The van der Waals surface area contributed by atoms with Crippen LogP contribution in [0.4, 0.5) is 0 Å². The molecule has 1 fully saturated rings. The molecule has 0 aromatic carbocycles. The van der Waals surface area contributed by atoms with E-state index in [-0.39, 0.29) is 10.8 Å². The van der Waals surface area contributed by atoms with Gasteiger partial charge in [0.2, 0.25) is 6.29 Å². The molecule has 25 heavy (non-hydrogen) atoms. The second-order valence-corrected chi connectivity index (χ2v) is 8.86. The van der Waals surface area contributed by atoms with Gasteiger partial charge in [0.05, 0.1) is 0 Å². The van der Waals surface area contributed by atoms with Crippen LogP contribution in [0.2, 0.25) is 0 Å². The molecule has 0 aromatic heterocycles. The van der Waals surface area contributed by atoms with Gasteiger partial charge in [0.15, 0.2) is 0 Å². The van der Waals surface area contributed by atoms with Gasteiger partial charge in [-0.15, -0.1) is 0 Å². The summed E-state index contributed by atoms with van der Waals surface area (Å²) in [7, 11) is 0. The van der Waals surface area contributed by atoms with Crippen molar-refractivity contribution < 1.29 is 19.4 Å². The Bertz CT molecular complexity index is 634. The molecule has 0 aromatic rings. The van der Waals surface area contributed by atoms with E-state index in [2.05, 4.69) is 33.8 Å². The highest BCUT2D eigenvalue weighted by Crippen LogP contribution is 2.62. The van der Waals surface area contributed by atoms with Gasteiger partial charge in [0, 0.05) is 11.6 Å². The lowest BCUT2D eigenvalue weighted by molar-refractivity contribution is -0.151. The molecule has 6 atom stereocenters. The lowest BCUT2D eigenvalue weighted by atomic mass is 9.45. The van der Waals surface area contributed by atoms with Gasteiger partial charge < -0.3 is 9.84 Å². The molecule has 0 spiro atoms. The fourth-order valence-corrected chi connectivity index (χ4v) is 5.51. The minimum absolute atomic E-state index is 0.0655. The quantitative estimate of drug-likeness (QED) is 0.621. The molecular weight excluding hydrogens is 316 g/mol. The van der Waals surface area contributed by atoms with E-state index in [1.807, 2.05) is 0 Å². The molecule has 138 valence electrons. The van der Waals surface area contributed by atoms with Crippen LogP contribution in [-0.2, 0) is 14.3 Å². The average Bonchev–Trinajstić information content (AvgIpc) is 2.89. The normalized spacial score (nSPS) is 43.8. The molecule has 4 heteroatoms. The summed E-state index contributed by atoms with van der Waals surface area (Å²) < 4.78 is 4.82. The third kappa shape index (κ3) is 2.99. The number of esters is 1. The highest BCUT2D eigenvalue weighted by molar-refractivity contribution is 5.85. The van der Waals surface area contributed by atoms with Crippen LogP contribution in [0.15, 0.2) is 23.3 Å². The standard InChI is InChI=1S/C21H30O4/c1-13-5-7-21(4)14(2)9-15(12-22)10-17(21)20(13,3)8-6-16-11-18(23)25-19(16)24/h9,11-14,17,19,24H,5-8,10H2,1-4H3. The van der Waals surface area contributed by atoms with Crippen molar-refractivity contribution in [2.24, 2.45) is 28.6 Å². The minimum atomic E-state index is -1.09. The molecule has 1 heterocycles. The Labute approximate surface area is 150 Å². The number of carbonyl (C=O) groups is 2. The Kier molecular flexibility index (Phi) is 4.69. The number of fused-ring (bicyclic) bond motifs is 1. The van der Waals surface area contributed by atoms with Gasteiger partial charge in [-0.05, 0) is 66.3 Å². The van der Waals surface area contributed by atoms with Gasteiger partial charge >= 0.3 is 5.97 Å². The SMILES string of the molecule is CC1C=C(C=O)CC2C1(C)CCC(C)C2(C)CCC1=CC(=O)OC1O. The third-order valence-corrected chi connectivity index (χ3v) is 7.73. The number of carbonyl (C=O) groups excluding carboxylic acids is 2. The molecule has 1 aliphatic heterocycles. The molecule has 0 saturated heterocycles. The summed E-state index contributed by atoms with van der Waals surface area (Å²) in [6.07, 6.45) is 8.28. The van der Waals surface area contributed by atoms with Gasteiger partial charge in [-0.1, -0.05) is 33.8 Å². The fraction of sp³-hybridized carbons (Fsp3) is 0.714. The monoisotopic (exact) mass is 346 g/mol. The first-order valence-corrected chi connectivity index (χ1v) is 9.45. The number of aldehydes is 1. The zero-order valence-corrected chi connectivity index (χ0v) is 15.7. The molecule has 0 amide bonds. The molecular formula is C21H30O4. The first-order valence-electron chi connectivity index (χ1n) is 9.45. The Hall–Kier alpha value is -1.42. The van der Waals surface area contributed by atoms with Crippen molar-refractivity contribution >= 4 is 12.3 Å². The lowest BCUT2D eigenvalue weighted by Gasteiger charge is -2.59. The summed E-state index contributed by atoms with van der Waals surface area (Å²) >= 11 is 0. The van der Waals surface area contributed by atoms with Gasteiger partial charge in [0.1, 0.15) is 6.29 Å². The smallest absolute Gasteiger partial charge is 0.333 e. The van der Waals surface area contributed by atoms with Crippen LogP contribution >= 0.6 is 0 Å². The van der Waals surface area contributed by atoms with Gasteiger partial charge in [-0.25, -0.2) is 4.79 Å². The molecule has 0 radical (unpaired) electrons. The molecule has 6 unspecified atom stereocenters. The average molecular weight is 346 g/mol. The van der Waals surface area contributed by atoms with E-state index in [1.165, 1.54) is 18.9 Å². The van der Waals surface area contributed by atoms with Crippen molar-refractivity contribution in [1.82, 2.24) is 0 Å². The molecule has 1 saturated carbocycles. The van der Waals surface area contributed by atoms with Crippen LogP contribution in [-0.4, -0.2) is 23.7 Å². The van der Waals surface area contributed by atoms with Crippen molar-refractivity contribution in [3.63, 3.8) is 0 Å². The summed E-state index contributed by atoms with van der Waals surface area (Å²) in [4.78, 5) is 22.8. The topological polar surface area (TPSA) is 63.6 Å². The zero-order chi connectivity index (χ0) is 18.4. The molecule has 2 aliphatic carbocycles. The lowest BCUT2D eigenvalue weighted by Crippen LogP contribution is -2.52. The van der Waals surface area contributed by atoms with E-state index in [4.69, 9.17) is 4.74 Å². The second-order valence-electron chi connectivity index (χ2n) is 8.86. The summed E-state index contributed by atoms with van der Waals surface area (Å²) in [6, 6.07) is 0. The van der Waals surface area contributed by atoms with Crippen molar-refractivity contribution in [3.05, 3.63) is 23.3 Å². The summed E-state index contributed by atoms with van der Waals surface area (Å²) in [5, 5.41) is 9.88. The highest BCUT2D eigenvalue weighted by Gasteiger charge is 2.54. The summed E-state index contributed by atoms with van der Waals surface area (Å²) in [5.41, 5.74) is 1.87. The predicted octanol–water partition coefficient (Wildman–Crippen LogP) is 3.79. The maximum Gasteiger partial charge on any atom is 0.333 e. The summed E-state index contributed by atoms with van der Waals surface area (Å²) in [6.45, 7) is 9.26. The van der Waals surface area contributed by atoms with Crippen LogP contribution in [0, 0.1) is 28.6 Å². The number of hydrogen-bond donors (Lipinski definition) is 1. The Balaban J connectivity index is 1.87. The van der Waals surface area contributed by atoms with Gasteiger partial charge in [0.25, 0.3) is 0 Å². The van der Waals surface area contributed by atoms with E-state index < -0.39 is 12.3 Å². The number of hydrogen-bond acceptors (Lipinski definition) is 4. The van der Waals surface area contributed by atoms with E-state index in [0.29, 0.717) is 29.7 Å². The van der Waals surface area contributed by atoms with Crippen LogP contribution in [0.3, 0.4) is 0 Å². The number of ether oxygens (including phenoxy) is 1. The van der Waals surface area contributed by atoms with Crippen LogP contribution in [0.5, 0.6) is 0 Å². The molecule has 1 N–H and O–H groups in total. The van der Waals surface area contributed by atoms with Crippen LogP contribution in [0.25, 0.3) is 0 Å².